The lowest BCUT2D eigenvalue weighted by Crippen LogP contribution is -2.11. The predicted molar refractivity (Wildman–Crippen MR) is 91.5 cm³/mol. The minimum Gasteiger partial charge on any atom is -0.490 e. The van der Waals surface area contributed by atoms with Gasteiger partial charge in [-0.2, -0.15) is 0 Å². The van der Waals surface area contributed by atoms with Crippen molar-refractivity contribution in [3.05, 3.63) is 41.3 Å². The maximum Gasteiger partial charge on any atom is 0.280 e. The summed E-state index contributed by atoms with van der Waals surface area (Å²) in [6, 6.07) is 6.36. The number of hydrogen-bond donors (Lipinski definition) is 0. The van der Waals surface area contributed by atoms with Gasteiger partial charge in [-0.05, 0) is 42.5 Å². The van der Waals surface area contributed by atoms with E-state index in [9.17, 15) is 8.78 Å². The van der Waals surface area contributed by atoms with Gasteiger partial charge < -0.3 is 4.74 Å². The zero-order chi connectivity index (χ0) is 17.7. The third kappa shape index (κ3) is 5.13. The van der Waals surface area contributed by atoms with E-state index in [1.807, 2.05) is 0 Å². The zero-order valence-electron chi connectivity index (χ0n) is 14.0. The molecule has 6 heteroatoms. The molecule has 0 saturated heterocycles. The van der Waals surface area contributed by atoms with Crippen LogP contribution in [0.4, 0.5) is 8.78 Å². The van der Waals surface area contributed by atoms with Crippen molar-refractivity contribution in [2.75, 3.05) is 6.61 Å². The van der Waals surface area contributed by atoms with Crippen LogP contribution < -0.4 is 4.74 Å². The summed E-state index contributed by atoms with van der Waals surface area (Å²) in [5, 5.41) is 0.222. The van der Waals surface area contributed by atoms with Gasteiger partial charge in [0.25, 0.3) is 6.43 Å². The molecule has 0 radical (unpaired) electrons. The Morgan fingerprint density at radius 2 is 1.92 bits per heavy atom. The SMILES string of the molecule is CC(C)CC(C)COc1ccc(-c2ccnc(C(F)F)c2)nc1Cl. The van der Waals surface area contributed by atoms with Gasteiger partial charge >= 0.3 is 0 Å². The first kappa shape index (κ1) is 18.6. The quantitative estimate of drug-likeness (QED) is 0.590. The number of halogens is 3. The van der Waals surface area contributed by atoms with E-state index in [0.29, 0.717) is 35.4 Å². The van der Waals surface area contributed by atoms with Gasteiger partial charge in [-0.25, -0.2) is 13.8 Å². The van der Waals surface area contributed by atoms with Crippen LogP contribution in [0.3, 0.4) is 0 Å². The van der Waals surface area contributed by atoms with Crippen molar-refractivity contribution in [2.24, 2.45) is 11.8 Å². The molecule has 0 spiro atoms. The van der Waals surface area contributed by atoms with Crippen molar-refractivity contribution in [3.63, 3.8) is 0 Å². The van der Waals surface area contributed by atoms with Gasteiger partial charge in [0.1, 0.15) is 5.69 Å². The first-order valence-electron chi connectivity index (χ1n) is 7.90. The van der Waals surface area contributed by atoms with Crippen LogP contribution in [0, 0.1) is 11.8 Å². The molecule has 0 fully saturated rings. The molecule has 1 atom stereocenters. The number of aromatic nitrogens is 2. The minimum atomic E-state index is -2.62. The van der Waals surface area contributed by atoms with Crippen LogP contribution in [0.5, 0.6) is 5.75 Å². The van der Waals surface area contributed by atoms with E-state index in [4.69, 9.17) is 16.3 Å². The summed E-state index contributed by atoms with van der Waals surface area (Å²) < 4.78 is 31.2. The molecule has 0 N–H and O–H groups in total. The lowest BCUT2D eigenvalue weighted by molar-refractivity contribution is 0.146. The van der Waals surface area contributed by atoms with Gasteiger partial charge in [0.2, 0.25) is 0 Å². The molecule has 2 aromatic rings. The molecule has 0 saturated carbocycles. The first-order valence-corrected chi connectivity index (χ1v) is 8.28. The van der Waals surface area contributed by atoms with Crippen molar-refractivity contribution >= 4 is 11.6 Å². The molecule has 130 valence electrons. The van der Waals surface area contributed by atoms with E-state index < -0.39 is 6.43 Å². The summed E-state index contributed by atoms with van der Waals surface area (Å²) in [5.41, 5.74) is 0.766. The molecule has 2 aromatic heterocycles. The summed E-state index contributed by atoms with van der Waals surface area (Å²) in [4.78, 5) is 7.89. The van der Waals surface area contributed by atoms with Crippen LogP contribution >= 0.6 is 11.6 Å². The highest BCUT2D eigenvalue weighted by Crippen LogP contribution is 2.29. The molecule has 2 heterocycles. The van der Waals surface area contributed by atoms with E-state index in [2.05, 4.69) is 30.7 Å². The molecule has 0 aliphatic carbocycles. The second kappa shape index (κ2) is 8.38. The Balaban J connectivity index is 2.11. The van der Waals surface area contributed by atoms with Crippen LogP contribution in [0.2, 0.25) is 5.15 Å². The molecule has 2 rings (SSSR count). The highest BCUT2D eigenvalue weighted by atomic mass is 35.5. The summed E-state index contributed by atoms with van der Waals surface area (Å²) >= 11 is 6.17. The molecule has 0 aliphatic heterocycles. The number of rotatable bonds is 7. The van der Waals surface area contributed by atoms with Gasteiger partial charge in [0, 0.05) is 11.8 Å². The fourth-order valence-corrected chi connectivity index (χ4v) is 2.73. The number of hydrogen-bond acceptors (Lipinski definition) is 3. The van der Waals surface area contributed by atoms with E-state index in [1.165, 1.54) is 12.3 Å². The molecule has 24 heavy (non-hydrogen) atoms. The van der Waals surface area contributed by atoms with Crippen LogP contribution in [0.1, 0.15) is 39.3 Å². The van der Waals surface area contributed by atoms with Crippen molar-refractivity contribution in [1.82, 2.24) is 9.97 Å². The highest BCUT2D eigenvalue weighted by Gasteiger charge is 2.13. The van der Waals surface area contributed by atoms with Gasteiger partial charge in [0.15, 0.2) is 10.9 Å². The maximum atomic E-state index is 12.7. The van der Waals surface area contributed by atoms with E-state index in [1.54, 1.807) is 18.2 Å². The topological polar surface area (TPSA) is 35.0 Å². The van der Waals surface area contributed by atoms with Crippen molar-refractivity contribution < 1.29 is 13.5 Å². The number of pyridine rings is 2. The standard InChI is InChI=1S/C18H21ClF2N2O/c1-11(2)8-12(3)10-24-16-5-4-14(23-17(16)19)13-6-7-22-15(9-13)18(20)21/h4-7,9,11-12,18H,8,10H2,1-3H3. The molecule has 0 amide bonds. The molecular weight excluding hydrogens is 334 g/mol. The molecule has 0 aliphatic rings. The predicted octanol–water partition coefficient (Wildman–Crippen LogP) is 5.80. The molecule has 3 nitrogen and oxygen atoms in total. The lowest BCUT2D eigenvalue weighted by Gasteiger charge is -2.15. The van der Waals surface area contributed by atoms with E-state index >= 15 is 0 Å². The fraction of sp³-hybridized carbons (Fsp3) is 0.444. The Labute approximate surface area is 146 Å². The summed E-state index contributed by atoms with van der Waals surface area (Å²) in [6.45, 7) is 7.02. The second-order valence-electron chi connectivity index (χ2n) is 6.30. The Kier molecular flexibility index (Phi) is 6.49. The third-order valence-corrected chi connectivity index (χ3v) is 3.78. The van der Waals surface area contributed by atoms with Crippen LogP contribution in [0.25, 0.3) is 11.3 Å². The molecular formula is C18H21ClF2N2O. The largest absolute Gasteiger partial charge is 0.490 e. The maximum absolute atomic E-state index is 12.7. The number of ether oxygens (including phenoxy) is 1. The Morgan fingerprint density at radius 3 is 2.54 bits per heavy atom. The smallest absolute Gasteiger partial charge is 0.280 e. The highest BCUT2D eigenvalue weighted by molar-refractivity contribution is 6.30. The normalized spacial score (nSPS) is 12.7. The van der Waals surface area contributed by atoms with Gasteiger partial charge in [-0.15, -0.1) is 0 Å². The molecule has 0 bridgehead atoms. The second-order valence-corrected chi connectivity index (χ2v) is 6.66. The molecule has 1 unspecified atom stereocenters. The van der Waals surface area contributed by atoms with Gasteiger partial charge in [-0.1, -0.05) is 32.4 Å². The average molecular weight is 355 g/mol. The Morgan fingerprint density at radius 1 is 1.17 bits per heavy atom. The monoisotopic (exact) mass is 354 g/mol. The van der Waals surface area contributed by atoms with Crippen LogP contribution in [0.15, 0.2) is 30.5 Å². The van der Waals surface area contributed by atoms with E-state index in [0.717, 1.165) is 6.42 Å². The van der Waals surface area contributed by atoms with Crippen molar-refractivity contribution in [2.45, 2.75) is 33.6 Å². The van der Waals surface area contributed by atoms with Gasteiger partial charge in [-0.3, -0.25) is 4.98 Å². The Hall–Kier alpha value is -1.75. The summed E-state index contributed by atoms with van der Waals surface area (Å²) in [7, 11) is 0. The van der Waals surface area contributed by atoms with Crippen molar-refractivity contribution in [1.29, 1.82) is 0 Å². The third-order valence-electron chi connectivity index (χ3n) is 3.51. The Bertz CT molecular complexity index is 680. The fourth-order valence-electron chi connectivity index (χ4n) is 2.52. The first-order chi connectivity index (χ1) is 11.4. The average Bonchev–Trinajstić information content (AvgIpc) is 2.53. The van der Waals surface area contributed by atoms with Gasteiger partial charge in [0.05, 0.1) is 12.3 Å². The number of alkyl halides is 2. The summed E-state index contributed by atoms with van der Waals surface area (Å²) in [5.74, 6) is 1.52. The lowest BCUT2D eigenvalue weighted by atomic mass is 10.00. The van der Waals surface area contributed by atoms with Crippen LogP contribution in [-0.2, 0) is 0 Å². The van der Waals surface area contributed by atoms with Crippen LogP contribution in [-0.4, -0.2) is 16.6 Å². The van der Waals surface area contributed by atoms with E-state index in [-0.39, 0.29) is 10.8 Å². The minimum absolute atomic E-state index is 0.222. The zero-order valence-corrected chi connectivity index (χ0v) is 14.7. The molecule has 0 aromatic carbocycles. The number of nitrogens with zero attached hydrogens (tertiary/aromatic N) is 2. The summed E-state index contributed by atoms with van der Waals surface area (Å²) in [6.07, 6.45) is -0.216. The van der Waals surface area contributed by atoms with Crippen molar-refractivity contribution in [3.8, 4) is 17.0 Å².